The molecule has 2 N–H and O–H groups in total. The Bertz CT molecular complexity index is 1390. The van der Waals surface area contributed by atoms with Crippen LogP contribution in [0.3, 0.4) is 0 Å². The number of hydrogen-bond donors (Lipinski definition) is 2. The minimum atomic E-state index is -3.46. The van der Waals surface area contributed by atoms with E-state index >= 15 is 0 Å². The Morgan fingerprint density at radius 2 is 1.77 bits per heavy atom. The molecular weight excluding hydrogens is 412 g/mol. The van der Waals surface area contributed by atoms with Crippen LogP contribution < -0.4 is 5.32 Å². The van der Waals surface area contributed by atoms with Crippen LogP contribution in [0.2, 0.25) is 0 Å². The third kappa shape index (κ3) is 2.72. The van der Waals surface area contributed by atoms with Gasteiger partial charge >= 0.3 is 0 Å². The van der Waals surface area contributed by atoms with E-state index in [4.69, 9.17) is 5.41 Å². The molecule has 0 bridgehead atoms. The molecule has 4 nitrogen and oxygen atoms in total. The van der Waals surface area contributed by atoms with Crippen LogP contribution in [0, 0.1) is 23.2 Å². The summed E-state index contributed by atoms with van der Waals surface area (Å²) in [6, 6.07) is 12.4. The Morgan fingerprint density at radius 3 is 2.40 bits per heavy atom. The fourth-order valence-corrected chi connectivity index (χ4v) is 8.18. The lowest BCUT2D eigenvalue weighted by molar-refractivity contribution is 0.428. The van der Waals surface area contributed by atoms with Crippen molar-refractivity contribution in [1.29, 1.82) is 5.41 Å². The van der Waals surface area contributed by atoms with Crippen LogP contribution in [0.25, 0.3) is 20.2 Å². The molecule has 2 atom stereocenters. The predicted octanol–water partition coefficient (Wildman–Crippen LogP) is 4.81. The Kier molecular flexibility index (Phi) is 4.13. The van der Waals surface area contributed by atoms with E-state index in [1.165, 1.54) is 4.70 Å². The van der Waals surface area contributed by atoms with E-state index in [1.807, 2.05) is 26.0 Å². The average Bonchev–Trinajstić information content (AvgIpc) is 3.47. The summed E-state index contributed by atoms with van der Waals surface area (Å²) in [5.41, 5.74) is 1.04. The number of fused-ring (bicyclic) bond motifs is 3. The van der Waals surface area contributed by atoms with E-state index in [2.05, 4.69) is 41.4 Å². The lowest BCUT2D eigenvalue weighted by atomic mass is 9.90. The third-order valence-electron chi connectivity index (χ3n) is 6.75. The summed E-state index contributed by atoms with van der Waals surface area (Å²) in [6.45, 7) is 5.45. The number of hydrogen-bond acceptors (Lipinski definition) is 4. The molecule has 0 unspecified atom stereocenters. The summed E-state index contributed by atoms with van der Waals surface area (Å²) in [5.74, 6) is 6.26. The lowest BCUT2D eigenvalue weighted by Crippen LogP contribution is -2.65. The van der Waals surface area contributed by atoms with Crippen molar-refractivity contribution in [3.05, 3.63) is 47.5 Å². The zero-order valence-corrected chi connectivity index (χ0v) is 18.9. The van der Waals surface area contributed by atoms with Crippen LogP contribution in [0.15, 0.2) is 36.4 Å². The molecule has 2 aromatic carbocycles. The molecule has 2 heterocycles. The molecule has 30 heavy (non-hydrogen) atoms. The van der Waals surface area contributed by atoms with Crippen LogP contribution in [-0.4, -0.2) is 24.8 Å². The van der Waals surface area contributed by atoms with Crippen molar-refractivity contribution in [3.8, 4) is 11.8 Å². The maximum atomic E-state index is 13.3. The predicted molar refractivity (Wildman–Crippen MR) is 125 cm³/mol. The van der Waals surface area contributed by atoms with Gasteiger partial charge in [-0.1, -0.05) is 12.0 Å². The van der Waals surface area contributed by atoms with Gasteiger partial charge in [0.15, 0.2) is 9.84 Å². The molecule has 2 fully saturated rings. The van der Waals surface area contributed by atoms with Gasteiger partial charge < -0.3 is 5.32 Å². The second kappa shape index (κ2) is 6.32. The first-order valence-electron chi connectivity index (χ1n) is 10.2. The standard InChI is InChI=1S/C24H24N2O2S2/c1-4-5-15-6-10-20-18(12-15)19-13-17(9-11-21(19)29-20)23(2)14-30(27,28)24(3,16-7-8-16)22(25)26-23/h6,9-13,16H,7-8,14H2,1-3H3,(H2,25,26)/t23-,24-/m0/s1. The van der Waals surface area contributed by atoms with E-state index in [1.54, 1.807) is 18.3 Å². The van der Waals surface area contributed by atoms with Crippen LogP contribution in [0.4, 0.5) is 0 Å². The summed E-state index contributed by atoms with van der Waals surface area (Å²) < 4.78 is 27.9. The van der Waals surface area contributed by atoms with E-state index < -0.39 is 20.1 Å². The highest BCUT2D eigenvalue weighted by atomic mass is 32.2. The van der Waals surface area contributed by atoms with Gasteiger partial charge in [-0.15, -0.1) is 17.3 Å². The second-order valence-corrected chi connectivity index (χ2v) is 12.3. The van der Waals surface area contributed by atoms with Crippen LogP contribution in [0.1, 0.15) is 44.7 Å². The molecule has 2 aliphatic rings. The highest BCUT2D eigenvalue weighted by molar-refractivity contribution is 7.93. The van der Waals surface area contributed by atoms with Crippen LogP contribution in [0.5, 0.6) is 0 Å². The largest absolute Gasteiger partial charge is 0.362 e. The van der Waals surface area contributed by atoms with Crippen molar-refractivity contribution in [2.45, 2.75) is 43.9 Å². The Balaban J connectivity index is 1.63. The number of thiophene rings is 1. The molecule has 1 saturated heterocycles. The number of nitrogens with one attached hydrogen (secondary N) is 2. The molecule has 0 radical (unpaired) electrons. The number of sulfone groups is 1. The van der Waals surface area contributed by atoms with Gasteiger partial charge in [-0.2, -0.15) is 0 Å². The van der Waals surface area contributed by atoms with Crippen LogP contribution in [-0.2, 0) is 15.4 Å². The third-order valence-corrected chi connectivity index (χ3v) is 10.7. The summed E-state index contributed by atoms with van der Waals surface area (Å²) in [4.78, 5) is 0. The first-order valence-corrected chi connectivity index (χ1v) is 12.6. The molecule has 1 aliphatic heterocycles. The van der Waals surface area contributed by atoms with E-state index in [0.29, 0.717) is 0 Å². The van der Waals surface area contributed by atoms with Crippen molar-refractivity contribution in [2.24, 2.45) is 5.92 Å². The van der Waals surface area contributed by atoms with Gasteiger partial charge in [0.25, 0.3) is 0 Å². The second-order valence-electron chi connectivity index (χ2n) is 8.87. The maximum Gasteiger partial charge on any atom is 0.165 e. The van der Waals surface area contributed by atoms with Gasteiger partial charge in [-0.25, -0.2) is 8.42 Å². The summed E-state index contributed by atoms with van der Waals surface area (Å²) in [5, 5.41) is 14.1. The Hall–Kier alpha value is -2.36. The van der Waals surface area contributed by atoms with Crippen molar-refractivity contribution in [3.63, 3.8) is 0 Å². The molecular formula is C24H24N2O2S2. The summed E-state index contributed by atoms with van der Waals surface area (Å²) in [7, 11) is -3.46. The molecule has 0 spiro atoms. The van der Waals surface area contributed by atoms with Gasteiger partial charge in [-0.3, -0.25) is 5.41 Å². The van der Waals surface area contributed by atoms with Gasteiger partial charge in [0.1, 0.15) is 10.6 Å². The van der Waals surface area contributed by atoms with Gasteiger partial charge in [-0.05, 0) is 75.4 Å². The van der Waals surface area contributed by atoms with Crippen molar-refractivity contribution in [1.82, 2.24) is 5.32 Å². The molecule has 1 saturated carbocycles. The topological polar surface area (TPSA) is 70.0 Å². The lowest BCUT2D eigenvalue weighted by Gasteiger charge is -2.45. The number of rotatable bonds is 2. The maximum absolute atomic E-state index is 13.3. The fourth-order valence-electron chi connectivity index (χ4n) is 4.71. The minimum Gasteiger partial charge on any atom is -0.362 e. The molecule has 5 rings (SSSR count). The quantitative estimate of drug-likeness (QED) is 0.567. The molecule has 154 valence electrons. The highest BCUT2D eigenvalue weighted by Crippen LogP contribution is 2.48. The van der Waals surface area contributed by atoms with E-state index in [0.717, 1.165) is 39.4 Å². The molecule has 1 aliphatic carbocycles. The fraction of sp³-hybridized carbons (Fsp3) is 0.375. The SMILES string of the molecule is CC#Cc1ccc2sc3ccc([C@]4(C)CS(=O)(=O)[C@@](C)(C5CC5)C(=N)N4)cc3c2c1. The van der Waals surface area contributed by atoms with Gasteiger partial charge in [0.2, 0.25) is 0 Å². The van der Waals surface area contributed by atoms with E-state index in [-0.39, 0.29) is 17.5 Å². The van der Waals surface area contributed by atoms with Crippen molar-refractivity contribution in [2.75, 3.05) is 5.75 Å². The van der Waals surface area contributed by atoms with Crippen LogP contribution >= 0.6 is 11.3 Å². The summed E-state index contributed by atoms with van der Waals surface area (Å²) >= 11 is 1.73. The Morgan fingerprint density at radius 1 is 1.10 bits per heavy atom. The van der Waals surface area contributed by atoms with Gasteiger partial charge in [0, 0.05) is 25.7 Å². The number of amidine groups is 1. The molecule has 0 amide bonds. The average molecular weight is 437 g/mol. The monoisotopic (exact) mass is 436 g/mol. The van der Waals surface area contributed by atoms with Crippen molar-refractivity contribution >= 4 is 47.2 Å². The normalized spacial score (nSPS) is 28.2. The first kappa shape index (κ1) is 19.6. The molecule has 1 aromatic heterocycles. The number of benzene rings is 2. The smallest absolute Gasteiger partial charge is 0.165 e. The molecule has 6 heteroatoms. The highest BCUT2D eigenvalue weighted by Gasteiger charge is 2.59. The minimum absolute atomic E-state index is 0.00445. The first-order chi connectivity index (χ1) is 14.2. The summed E-state index contributed by atoms with van der Waals surface area (Å²) in [6.07, 6.45) is 1.76. The van der Waals surface area contributed by atoms with Crippen molar-refractivity contribution < 1.29 is 8.42 Å². The zero-order valence-electron chi connectivity index (χ0n) is 17.3. The molecule has 3 aromatic rings. The van der Waals surface area contributed by atoms with Gasteiger partial charge in [0.05, 0.1) is 11.3 Å². The Labute approximate surface area is 181 Å². The zero-order chi connectivity index (χ0) is 21.3. The van der Waals surface area contributed by atoms with E-state index in [9.17, 15) is 8.42 Å².